The van der Waals surface area contributed by atoms with Crippen LogP contribution in [-0.4, -0.2) is 70.0 Å². The first-order chi connectivity index (χ1) is 12.3. The molecule has 2 rings (SSSR count). The van der Waals surface area contributed by atoms with E-state index in [-0.39, 0.29) is 24.0 Å². The second kappa shape index (κ2) is 15.2. The topological polar surface area (TPSA) is 72.1 Å². The lowest BCUT2D eigenvalue weighted by atomic mass is 10.2. The van der Waals surface area contributed by atoms with Crippen molar-refractivity contribution in [3.63, 3.8) is 0 Å². The highest BCUT2D eigenvalue weighted by Crippen LogP contribution is 2.00. The molecule has 0 aliphatic carbocycles. The van der Waals surface area contributed by atoms with Crippen molar-refractivity contribution < 1.29 is 9.47 Å². The zero-order valence-corrected chi connectivity index (χ0v) is 17.9. The van der Waals surface area contributed by atoms with Crippen LogP contribution >= 0.6 is 24.0 Å². The van der Waals surface area contributed by atoms with E-state index in [1.54, 1.807) is 0 Å². The van der Waals surface area contributed by atoms with Crippen LogP contribution < -0.4 is 11.1 Å². The predicted octanol–water partition coefficient (Wildman–Crippen LogP) is 1.88. The smallest absolute Gasteiger partial charge is 0.188 e. The molecule has 0 spiro atoms. The minimum Gasteiger partial charge on any atom is -0.381 e. The van der Waals surface area contributed by atoms with Crippen molar-refractivity contribution in [2.24, 2.45) is 10.7 Å². The van der Waals surface area contributed by atoms with Crippen molar-refractivity contribution in [1.82, 2.24) is 10.2 Å². The summed E-state index contributed by atoms with van der Waals surface area (Å²) < 4.78 is 11.0. The second-order valence-corrected chi connectivity index (χ2v) is 6.20. The number of nitrogens with one attached hydrogen (secondary N) is 1. The molecular weight excluding hydrogens is 443 g/mol. The van der Waals surface area contributed by atoms with Gasteiger partial charge in [0.2, 0.25) is 0 Å². The summed E-state index contributed by atoms with van der Waals surface area (Å²) in [6.45, 7) is 7.90. The lowest BCUT2D eigenvalue weighted by Crippen LogP contribution is -2.39. The highest BCUT2D eigenvalue weighted by molar-refractivity contribution is 14.0. The Morgan fingerprint density at radius 2 is 1.92 bits per heavy atom. The van der Waals surface area contributed by atoms with Gasteiger partial charge in [0.1, 0.15) is 0 Å². The lowest BCUT2D eigenvalue weighted by molar-refractivity contribution is 0.0376. The molecule has 1 fully saturated rings. The maximum absolute atomic E-state index is 5.87. The minimum atomic E-state index is 0. The van der Waals surface area contributed by atoms with E-state index in [2.05, 4.69) is 39.5 Å². The number of morpholine rings is 1. The predicted molar refractivity (Wildman–Crippen MR) is 117 cm³/mol. The molecule has 3 N–H and O–H groups in total. The van der Waals surface area contributed by atoms with Gasteiger partial charge in [-0.05, 0) is 31.4 Å². The normalized spacial score (nSPS) is 15.5. The summed E-state index contributed by atoms with van der Waals surface area (Å²) in [7, 11) is 0. The number of rotatable bonds is 11. The molecule has 0 atom stereocenters. The number of aliphatic imine (C=N–C) groups is 1. The number of hydrogen-bond donors (Lipinski definition) is 2. The number of benzene rings is 1. The van der Waals surface area contributed by atoms with Gasteiger partial charge >= 0.3 is 0 Å². The van der Waals surface area contributed by atoms with Crippen LogP contribution in [0.5, 0.6) is 0 Å². The van der Waals surface area contributed by atoms with Crippen LogP contribution in [0.25, 0.3) is 0 Å². The molecule has 148 valence electrons. The standard InChI is InChI=1S/C19H32N4O2.HI/c20-19(21-9-4-11-23-12-16-25-17-13-23)22-10-5-14-24-15-8-18-6-2-1-3-7-18;/h1-3,6-7H,4-5,8-17H2,(H3,20,21,22);1H. The molecule has 0 saturated carbocycles. The van der Waals surface area contributed by atoms with Gasteiger partial charge in [0.15, 0.2) is 5.96 Å². The number of nitrogens with two attached hydrogens (primary N) is 1. The molecule has 0 radical (unpaired) electrons. The average Bonchev–Trinajstić information content (AvgIpc) is 2.66. The fourth-order valence-corrected chi connectivity index (χ4v) is 2.70. The van der Waals surface area contributed by atoms with Gasteiger partial charge < -0.3 is 20.5 Å². The van der Waals surface area contributed by atoms with E-state index in [0.29, 0.717) is 12.5 Å². The van der Waals surface area contributed by atoms with E-state index in [4.69, 9.17) is 15.2 Å². The number of hydrogen-bond acceptors (Lipinski definition) is 4. The third-order valence-corrected chi connectivity index (χ3v) is 4.17. The van der Waals surface area contributed by atoms with Crippen LogP contribution in [0, 0.1) is 0 Å². The summed E-state index contributed by atoms with van der Waals surface area (Å²) in [5.41, 5.74) is 7.19. The van der Waals surface area contributed by atoms with Gasteiger partial charge in [0.25, 0.3) is 0 Å². The van der Waals surface area contributed by atoms with Crippen LogP contribution in [0.2, 0.25) is 0 Å². The fraction of sp³-hybridized carbons (Fsp3) is 0.632. The van der Waals surface area contributed by atoms with Gasteiger partial charge in [-0.25, -0.2) is 0 Å². The quantitative estimate of drug-likeness (QED) is 0.221. The van der Waals surface area contributed by atoms with Gasteiger partial charge in [-0.1, -0.05) is 30.3 Å². The Bertz CT molecular complexity index is 482. The number of ether oxygens (including phenoxy) is 2. The van der Waals surface area contributed by atoms with Crippen LogP contribution in [0.4, 0.5) is 0 Å². The molecule has 0 bridgehead atoms. The number of halogens is 1. The summed E-state index contributed by atoms with van der Waals surface area (Å²) >= 11 is 0. The average molecular weight is 476 g/mol. The Morgan fingerprint density at radius 3 is 2.69 bits per heavy atom. The van der Waals surface area contributed by atoms with Gasteiger partial charge in [-0.3, -0.25) is 9.89 Å². The first kappa shape index (κ1) is 23.1. The van der Waals surface area contributed by atoms with Crippen LogP contribution in [0.1, 0.15) is 18.4 Å². The van der Waals surface area contributed by atoms with Gasteiger partial charge in [-0.2, -0.15) is 0 Å². The molecule has 1 aromatic rings. The molecular formula is C19H33IN4O2. The highest BCUT2D eigenvalue weighted by Gasteiger charge is 2.08. The Balaban J connectivity index is 0.00000338. The minimum absolute atomic E-state index is 0. The molecule has 0 unspecified atom stereocenters. The molecule has 1 heterocycles. The summed E-state index contributed by atoms with van der Waals surface area (Å²) in [5.74, 6) is 0.534. The van der Waals surface area contributed by atoms with Crippen LogP contribution in [-0.2, 0) is 15.9 Å². The van der Waals surface area contributed by atoms with E-state index in [0.717, 1.165) is 71.9 Å². The van der Waals surface area contributed by atoms with E-state index in [1.807, 2.05) is 6.07 Å². The van der Waals surface area contributed by atoms with Gasteiger partial charge in [-0.15, -0.1) is 24.0 Å². The first-order valence-corrected chi connectivity index (χ1v) is 9.30. The molecule has 1 aliphatic rings. The van der Waals surface area contributed by atoms with E-state index in [9.17, 15) is 0 Å². The van der Waals surface area contributed by atoms with Crippen molar-refractivity contribution >= 4 is 29.9 Å². The van der Waals surface area contributed by atoms with Crippen LogP contribution in [0.3, 0.4) is 0 Å². The molecule has 1 aromatic carbocycles. The Kier molecular flexibility index (Phi) is 13.5. The zero-order chi connectivity index (χ0) is 17.6. The van der Waals surface area contributed by atoms with Crippen molar-refractivity contribution in [3.8, 4) is 0 Å². The fourth-order valence-electron chi connectivity index (χ4n) is 2.70. The third-order valence-electron chi connectivity index (χ3n) is 4.17. The monoisotopic (exact) mass is 476 g/mol. The maximum atomic E-state index is 5.87. The Morgan fingerprint density at radius 1 is 1.15 bits per heavy atom. The molecule has 1 saturated heterocycles. The van der Waals surface area contributed by atoms with E-state index in [1.165, 1.54) is 5.56 Å². The molecule has 0 aromatic heterocycles. The SMILES string of the molecule is I.NC(=NCCCOCCc1ccccc1)NCCCN1CCOCC1. The molecule has 0 amide bonds. The first-order valence-electron chi connectivity index (χ1n) is 9.30. The lowest BCUT2D eigenvalue weighted by Gasteiger charge is -2.26. The third kappa shape index (κ3) is 10.9. The van der Waals surface area contributed by atoms with E-state index >= 15 is 0 Å². The van der Waals surface area contributed by atoms with Crippen molar-refractivity contribution in [1.29, 1.82) is 0 Å². The number of guanidine groups is 1. The molecule has 1 aliphatic heterocycles. The molecule has 6 nitrogen and oxygen atoms in total. The van der Waals surface area contributed by atoms with Crippen LogP contribution in [0.15, 0.2) is 35.3 Å². The van der Waals surface area contributed by atoms with Gasteiger partial charge in [0, 0.05) is 32.8 Å². The van der Waals surface area contributed by atoms with E-state index < -0.39 is 0 Å². The highest BCUT2D eigenvalue weighted by atomic mass is 127. The summed E-state index contributed by atoms with van der Waals surface area (Å²) in [5, 5.41) is 3.17. The van der Waals surface area contributed by atoms with Crippen molar-refractivity contribution in [2.75, 3.05) is 59.2 Å². The largest absolute Gasteiger partial charge is 0.381 e. The Labute approximate surface area is 174 Å². The molecule has 7 heteroatoms. The maximum Gasteiger partial charge on any atom is 0.188 e. The number of nitrogens with zero attached hydrogens (tertiary/aromatic N) is 2. The zero-order valence-electron chi connectivity index (χ0n) is 15.6. The second-order valence-electron chi connectivity index (χ2n) is 6.20. The molecule has 26 heavy (non-hydrogen) atoms. The van der Waals surface area contributed by atoms with Crippen molar-refractivity contribution in [3.05, 3.63) is 35.9 Å². The summed E-state index contributed by atoms with van der Waals surface area (Å²) in [6.07, 6.45) is 2.92. The summed E-state index contributed by atoms with van der Waals surface area (Å²) in [6, 6.07) is 10.4. The Hall–Kier alpha value is -0.900. The summed E-state index contributed by atoms with van der Waals surface area (Å²) in [4.78, 5) is 6.76. The van der Waals surface area contributed by atoms with Crippen molar-refractivity contribution in [2.45, 2.75) is 19.3 Å². The van der Waals surface area contributed by atoms with Gasteiger partial charge in [0.05, 0.1) is 19.8 Å².